The minimum atomic E-state index is -1.04. The van der Waals surface area contributed by atoms with Crippen molar-refractivity contribution < 1.29 is 28.8 Å². The summed E-state index contributed by atoms with van der Waals surface area (Å²) in [4.78, 5) is 82.8. The van der Waals surface area contributed by atoms with Gasteiger partial charge in [-0.3, -0.25) is 28.8 Å². The highest BCUT2D eigenvalue weighted by Crippen LogP contribution is 2.12. The van der Waals surface area contributed by atoms with Gasteiger partial charge in [-0.05, 0) is 87.9 Å². The van der Waals surface area contributed by atoms with E-state index in [0.29, 0.717) is 77.8 Å². The van der Waals surface area contributed by atoms with Gasteiger partial charge >= 0.3 is 0 Å². The average Bonchev–Trinajstić information content (AvgIpc) is 3.26. The van der Waals surface area contributed by atoms with Crippen LogP contribution in [-0.4, -0.2) is 122 Å². The van der Waals surface area contributed by atoms with Crippen LogP contribution in [-0.2, 0) is 41.6 Å². The fourth-order valence-electron chi connectivity index (χ4n) is 7.06. The summed E-state index contributed by atoms with van der Waals surface area (Å²) in [5, 5.41) is 17.5. The molecular formula is C44H71N11O6. The first kappa shape index (κ1) is 50.4. The highest BCUT2D eigenvalue weighted by molar-refractivity contribution is 5.95. The number of rotatable bonds is 27. The molecule has 17 heteroatoms. The Morgan fingerprint density at radius 2 is 1.10 bits per heavy atom. The number of amides is 6. The molecule has 1 aliphatic heterocycles. The first-order valence-electron chi connectivity index (χ1n) is 21.8. The van der Waals surface area contributed by atoms with Crippen LogP contribution in [0.25, 0.3) is 0 Å². The van der Waals surface area contributed by atoms with Crippen LogP contribution in [0.5, 0.6) is 0 Å². The van der Waals surface area contributed by atoms with Gasteiger partial charge in [0, 0.05) is 39.1 Å². The zero-order valence-corrected chi connectivity index (χ0v) is 36.0. The van der Waals surface area contributed by atoms with Crippen molar-refractivity contribution in [1.82, 2.24) is 36.8 Å². The van der Waals surface area contributed by atoms with E-state index in [4.69, 9.17) is 22.9 Å². The fraction of sp³-hybridized carbons (Fsp3) is 0.591. The molecular weight excluding hydrogens is 779 g/mol. The van der Waals surface area contributed by atoms with Crippen molar-refractivity contribution in [2.24, 2.45) is 28.9 Å². The molecule has 6 atom stereocenters. The number of hydrogen-bond acceptors (Lipinski definition) is 11. The monoisotopic (exact) mass is 850 g/mol. The van der Waals surface area contributed by atoms with Crippen LogP contribution in [0, 0.1) is 5.92 Å². The van der Waals surface area contributed by atoms with Crippen LogP contribution >= 0.6 is 0 Å². The van der Waals surface area contributed by atoms with Crippen molar-refractivity contribution in [3.8, 4) is 0 Å². The Hall–Kier alpha value is -4.94. The minimum absolute atomic E-state index is 0.0115. The molecule has 17 nitrogen and oxygen atoms in total. The van der Waals surface area contributed by atoms with Crippen molar-refractivity contribution in [2.45, 2.75) is 114 Å². The molecule has 14 N–H and O–H groups in total. The number of carbonyl (C=O) groups excluding carboxylic acids is 6. The molecule has 0 radical (unpaired) electrons. The normalized spacial score (nSPS) is 15.7. The van der Waals surface area contributed by atoms with Crippen LogP contribution in [0.4, 0.5) is 0 Å². The van der Waals surface area contributed by atoms with Crippen molar-refractivity contribution in [1.29, 1.82) is 0 Å². The van der Waals surface area contributed by atoms with E-state index in [-0.39, 0.29) is 44.1 Å². The molecule has 0 unspecified atom stereocenters. The third-order valence-corrected chi connectivity index (χ3v) is 10.5. The van der Waals surface area contributed by atoms with Crippen molar-refractivity contribution in [2.75, 3.05) is 45.8 Å². The number of nitrogens with two attached hydrogens (primary N) is 4. The lowest BCUT2D eigenvalue weighted by atomic mass is 10.00. The van der Waals surface area contributed by atoms with E-state index in [9.17, 15) is 28.8 Å². The molecule has 1 heterocycles. The summed E-state index contributed by atoms with van der Waals surface area (Å²) in [7, 11) is 0. The summed E-state index contributed by atoms with van der Waals surface area (Å²) >= 11 is 0. The number of unbranched alkanes of at least 4 members (excludes halogenated alkanes) is 1. The number of nitrogens with one attached hydrogen (secondary N) is 6. The predicted molar refractivity (Wildman–Crippen MR) is 236 cm³/mol. The SMILES string of the molecule is CC(C)C[C@@H](NC(=O)[C@@H](Cc1ccccc1)NC(=O)[C@H](N)Cc1ccccc1)C(=O)N[C@H](CCCN)C(=O)NCCCC[C@H](NC(=O)[C@H](N)CCCN)C(=O)N1CCNCC1. The lowest BCUT2D eigenvalue weighted by molar-refractivity contribution is -0.137. The van der Waals surface area contributed by atoms with Crippen molar-refractivity contribution >= 4 is 35.4 Å². The van der Waals surface area contributed by atoms with Crippen LogP contribution in [0.15, 0.2) is 60.7 Å². The second kappa shape index (κ2) is 27.8. The Morgan fingerprint density at radius 3 is 1.70 bits per heavy atom. The van der Waals surface area contributed by atoms with E-state index < -0.39 is 65.8 Å². The van der Waals surface area contributed by atoms with Crippen molar-refractivity contribution in [3.63, 3.8) is 0 Å². The lowest BCUT2D eigenvalue weighted by Gasteiger charge is -2.31. The number of carbonyl (C=O) groups is 6. The molecule has 0 saturated carbocycles. The molecule has 0 aromatic heterocycles. The van der Waals surface area contributed by atoms with Gasteiger partial charge in [-0.2, -0.15) is 0 Å². The molecule has 2 aromatic rings. The smallest absolute Gasteiger partial charge is 0.245 e. The van der Waals surface area contributed by atoms with E-state index in [1.807, 2.05) is 74.5 Å². The third kappa shape index (κ3) is 18.7. The Morgan fingerprint density at radius 1 is 0.590 bits per heavy atom. The second-order valence-corrected chi connectivity index (χ2v) is 16.2. The highest BCUT2D eigenvalue weighted by Gasteiger charge is 2.32. The predicted octanol–water partition coefficient (Wildman–Crippen LogP) is -0.692. The maximum absolute atomic E-state index is 14.0. The minimum Gasteiger partial charge on any atom is -0.354 e. The lowest BCUT2D eigenvalue weighted by Crippen LogP contribution is -2.58. The van der Waals surface area contributed by atoms with E-state index in [1.54, 1.807) is 4.90 Å². The fourth-order valence-corrected chi connectivity index (χ4v) is 7.06. The topological polar surface area (TPSA) is 282 Å². The molecule has 1 aliphatic rings. The second-order valence-electron chi connectivity index (χ2n) is 16.2. The quantitative estimate of drug-likeness (QED) is 0.0503. The molecule has 1 saturated heterocycles. The van der Waals surface area contributed by atoms with Gasteiger partial charge < -0.3 is 59.7 Å². The summed E-state index contributed by atoms with van der Waals surface area (Å²) in [5.41, 5.74) is 25.4. The molecule has 0 spiro atoms. The molecule has 0 bridgehead atoms. The van der Waals surface area contributed by atoms with Gasteiger partial charge in [0.05, 0.1) is 12.1 Å². The summed E-state index contributed by atoms with van der Waals surface area (Å²) in [6.45, 7) is 7.19. The molecule has 6 amide bonds. The Bertz CT molecular complexity index is 1640. The van der Waals surface area contributed by atoms with Gasteiger partial charge in [0.2, 0.25) is 35.4 Å². The van der Waals surface area contributed by atoms with Crippen LogP contribution in [0.2, 0.25) is 0 Å². The standard InChI is InChI=1S/C44H71N11O6/c1-30(2)27-37(54-43(60)38(29-32-15-7-4-8-16-32)53-40(57)34(48)28-31-13-5-3-6-14-31)42(59)51-35(19-12-21-46)41(58)50-22-10-9-18-36(44(61)55-25-23-49-24-26-55)52-39(56)33(47)17-11-20-45/h3-8,13-16,30,33-38,49H,9-12,17-29,45-48H2,1-2H3,(H,50,58)(H,51,59)(H,52,56)(H,53,57)(H,54,60)/t33-,34-,35-,36+,37-,38-/m1/s1. The van der Waals surface area contributed by atoms with Gasteiger partial charge in [-0.25, -0.2) is 0 Å². The largest absolute Gasteiger partial charge is 0.354 e. The molecule has 3 rings (SSSR count). The third-order valence-electron chi connectivity index (χ3n) is 10.5. The van der Waals surface area contributed by atoms with E-state index >= 15 is 0 Å². The van der Waals surface area contributed by atoms with Crippen molar-refractivity contribution in [3.05, 3.63) is 71.8 Å². The summed E-state index contributed by atoms with van der Waals surface area (Å²) in [5.74, 6) is -2.60. The average molecular weight is 850 g/mol. The summed E-state index contributed by atoms with van der Waals surface area (Å²) in [6, 6.07) is 13.1. The Labute approximate surface area is 361 Å². The molecule has 0 aliphatic carbocycles. The zero-order chi connectivity index (χ0) is 44.6. The van der Waals surface area contributed by atoms with Gasteiger partial charge in [0.25, 0.3) is 0 Å². The summed E-state index contributed by atoms with van der Waals surface area (Å²) < 4.78 is 0. The Kier molecular flexibility index (Phi) is 23.0. The van der Waals surface area contributed by atoms with Crippen LogP contribution < -0.4 is 54.8 Å². The molecule has 1 fully saturated rings. The first-order valence-corrected chi connectivity index (χ1v) is 21.8. The van der Waals surface area contributed by atoms with E-state index in [1.165, 1.54) is 0 Å². The number of nitrogens with zero attached hydrogens (tertiary/aromatic N) is 1. The Balaban J connectivity index is 1.64. The van der Waals surface area contributed by atoms with Gasteiger partial charge in [-0.1, -0.05) is 74.5 Å². The highest BCUT2D eigenvalue weighted by atomic mass is 16.2. The number of benzene rings is 2. The zero-order valence-electron chi connectivity index (χ0n) is 36.0. The maximum atomic E-state index is 14.0. The van der Waals surface area contributed by atoms with E-state index in [0.717, 1.165) is 11.1 Å². The van der Waals surface area contributed by atoms with E-state index in [2.05, 4.69) is 31.9 Å². The van der Waals surface area contributed by atoms with Gasteiger partial charge in [0.1, 0.15) is 24.2 Å². The van der Waals surface area contributed by atoms with Gasteiger partial charge in [-0.15, -0.1) is 0 Å². The maximum Gasteiger partial charge on any atom is 0.245 e. The number of piperazine rings is 1. The van der Waals surface area contributed by atoms with Gasteiger partial charge in [0.15, 0.2) is 0 Å². The van der Waals surface area contributed by atoms with Crippen LogP contribution in [0.1, 0.15) is 76.3 Å². The first-order chi connectivity index (χ1) is 29.3. The molecule has 338 valence electrons. The number of hydrogen-bond donors (Lipinski definition) is 10. The molecule has 61 heavy (non-hydrogen) atoms. The molecule has 2 aromatic carbocycles. The summed E-state index contributed by atoms with van der Waals surface area (Å²) in [6.07, 6.45) is 3.79. The van der Waals surface area contributed by atoms with Crippen LogP contribution in [0.3, 0.4) is 0 Å².